The molecule has 2 atom stereocenters. The van der Waals surface area contributed by atoms with Crippen LogP contribution in [-0.2, 0) is 6.18 Å². The van der Waals surface area contributed by atoms with Crippen molar-refractivity contribution in [3.05, 3.63) is 30.1 Å². The van der Waals surface area contributed by atoms with E-state index in [1.165, 1.54) is 18.5 Å². The van der Waals surface area contributed by atoms with Gasteiger partial charge in [-0.1, -0.05) is 6.92 Å². The van der Waals surface area contributed by atoms with Crippen LogP contribution in [0.15, 0.2) is 24.5 Å². The fourth-order valence-electron chi connectivity index (χ4n) is 2.72. The maximum absolute atomic E-state index is 13.0. The Bertz CT molecular complexity index is 661. The van der Waals surface area contributed by atoms with Crippen molar-refractivity contribution in [2.24, 2.45) is 11.7 Å². The molecule has 21 heavy (non-hydrogen) atoms. The van der Waals surface area contributed by atoms with Crippen LogP contribution in [0.1, 0.15) is 12.5 Å². The normalized spacial score (nSPS) is 23.0. The number of halogens is 3. The quantitative estimate of drug-likeness (QED) is 0.878. The summed E-state index contributed by atoms with van der Waals surface area (Å²) in [6.07, 6.45) is -1.76. The molecule has 1 aliphatic rings. The molecular formula is C14H15F3N4. The maximum atomic E-state index is 13.0. The van der Waals surface area contributed by atoms with Gasteiger partial charge in [-0.3, -0.25) is 9.97 Å². The minimum absolute atomic E-state index is 0.0130. The molecule has 0 saturated carbocycles. The number of aromatic nitrogens is 2. The molecule has 0 bridgehead atoms. The van der Waals surface area contributed by atoms with E-state index < -0.39 is 11.7 Å². The molecule has 2 heterocycles. The first kappa shape index (κ1) is 14.1. The maximum Gasteiger partial charge on any atom is 0.418 e. The van der Waals surface area contributed by atoms with Crippen molar-refractivity contribution in [2.45, 2.75) is 19.1 Å². The summed E-state index contributed by atoms with van der Waals surface area (Å²) in [5.41, 5.74) is 6.05. The topological polar surface area (TPSA) is 55.0 Å². The first-order valence-corrected chi connectivity index (χ1v) is 6.69. The Kier molecular flexibility index (Phi) is 3.24. The number of hydrogen-bond acceptors (Lipinski definition) is 4. The highest BCUT2D eigenvalue weighted by atomic mass is 19.4. The van der Waals surface area contributed by atoms with Crippen molar-refractivity contribution in [1.82, 2.24) is 9.97 Å². The summed E-state index contributed by atoms with van der Waals surface area (Å²) in [4.78, 5) is 9.96. The minimum atomic E-state index is -4.44. The second-order valence-corrected chi connectivity index (χ2v) is 5.43. The zero-order valence-electron chi connectivity index (χ0n) is 11.4. The van der Waals surface area contributed by atoms with Crippen LogP contribution >= 0.6 is 0 Å². The van der Waals surface area contributed by atoms with Crippen molar-refractivity contribution in [1.29, 1.82) is 0 Å². The molecule has 1 aromatic carbocycles. The third kappa shape index (κ3) is 2.42. The predicted octanol–water partition coefficient (Wildman–Crippen LogP) is 2.43. The van der Waals surface area contributed by atoms with Crippen molar-refractivity contribution >= 4 is 16.7 Å². The van der Waals surface area contributed by atoms with E-state index in [0.29, 0.717) is 24.7 Å². The molecule has 0 radical (unpaired) electrons. The Morgan fingerprint density at radius 1 is 1.14 bits per heavy atom. The number of nitrogens with two attached hydrogens (primary N) is 1. The first-order valence-electron chi connectivity index (χ1n) is 6.69. The van der Waals surface area contributed by atoms with E-state index >= 15 is 0 Å². The van der Waals surface area contributed by atoms with Gasteiger partial charge in [0.05, 0.1) is 11.3 Å². The molecule has 1 aromatic heterocycles. The predicted molar refractivity (Wildman–Crippen MR) is 73.9 cm³/mol. The summed E-state index contributed by atoms with van der Waals surface area (Å²) >= 11 is 0. The van der Waals surface area contributed by atoms with Crippen LogP contribution in [0.2, 0.25) is 0 Å². The molecule has 1 aliphatic heterocycles. The number of fused-ring (bicyclic) bond motifs is 1. The summed E-state index contributed by atoms with van der Waals surface area (Å²) < 4.78 is 39.1. The van der Waals surface area contributed by atoms with Gasteiger partial charge in [0, 0.05) is 31.5 Å². The zero-order valence-corrected chi connectivity index (χ0v) is 11.4. The van der Waals surface area contributed by atoms with E-state index in [9.17, 15) is 13.2 Å². The lowest BCUT2D eigenvalue weighted by atomic mass is 10.1. The van der Waals surface area contributed by atoms with Crippen LogP contribution in [0.3, 0.4) is 0 Å². The van der Waals surface area contributed by atoms with Gasteiger partial charge in [0.15, 0.2) is 0 Å². The first-order chi connectivity index (χ1) is 9.88. The van der Waals surface area contributed by atoms with E-state index in [2.05, 4.69) is 9.97 Å². The lowest BCUT2D eigenvalue weighted by Crippen LogP contribution is -2.28. The average Bonchev–Trinajstić information content (AvgIpc) is 2.76. The molecule has 1 fully saturated rings. The lowest BCUT2D eigenvalue weighted by Gasteiger charge is -2.21. The molecule has 0 spiro atoms. The summed E-state index contributed by atoms with van der Waals surface area (Å²) in [6, 6.07) is 2.55. The Labute approximate surface area is 119 Å². The molecule has 2 aromatic rings. The van der Waals surface area contributed by atoms with Crippen LogP contribution < -0.4 is 10.6 Å². The summed E-state index contributed by atoms with van der Waals surface area (Å²) in [5.74, 6) is 0.291. The summed E-state index contributed by atoms with van der Waals surface area (Å²) in [6.45, 7) is 3.35. The highest BCUT2D eigenvalue weighted by Crippen LogP contribution is 2.37. The van der Waals surface area contributed by atoms with Gasteiger partial charge in [-0.25, -0.2) is 0 Å². The van der Waals surface area contributed by atoms with Crippen molar-refractivity contribution in [3.8, 4) is 0 Å². The van der Waals surface area contributed by atoms with E-state index in [4.69, 9.17) is 5.73 Å². The van der Waals surface area contributed by atoms with Gasteiger partial charge < -0.3 is 10.6 Å². The zero-order chi connectivity index (χ0) is 15.2. The van der Waals surface area contributed by atoms with E-state index in [1.54, 1.807) is 0 Å². The van der Waals surface area contributed by atoms with Crippen LogP contribution in [0.5, 0.6) is 0 Å². The van der Waals surface area contributed by atoms with Crippen LogP contribution in [-0.4, -0.2) is 29.1 Å². The minimum Gasteiger partial charge on any atom is -0.368 e. The molecule has 1 saturated heterocycles. The van der Waals surface area contributed by atoms with E-state index in [1.807, 2.05) is 11.8 Å². The monoisotopic (exact) mass is 296 g/mol. The SMILES string of the molecule is C[C@@H]1CN(c2ccc(C(F)(F)F)c3nccnc23)C[C@@H]1N. The molecule has 7 heteroatoms. The molecule has 0 amide bonds. The van der Waals surface area contributed by atoms with Gasteiger partial charge in [0.2, 0.25) is 0 Å². The van der Waals surface area contributed by atoms with Gasteiger partial charge in [-0.15, -0.1) is 0 Å². The van der Waals surface area contributed by atoms with Gasteiger partial charge in [0.25, 0.3) is 0 Å². The average molecular weight is 296 g/mol. The number of alkyl halides is 3. The van der Waals surface area contributed by atoms with E-state index in [0.717, 1.165) is 6.07 Å². The number of anilines is 1. The molecule has 4 nitrogen and oxygen atoms in total. The molecule has 112 valence electrons. The van der Waals surface area contributed by atoms with Gasteiger partial charge in [-0.2, -0.15) is 13.2 Å². The Morgan fingerprint density at radius 3 is 2.38 bits per heavy atom. The number of benzene rings is 1. The summed E-state index contributed by atoms with van der Waals surface area (Å²) in [7, 11) is 0. The Morgan fingerprint density at radius 2 is 1.81 bits per heavy atom. The van der Waals surface area contributed by atoms with E-state index in [-0.39, 0.29) is 17.1 Å². The smallest absolute Gasteiger partial charge is 0.368 e. The van der Waals surface area contributed by atoms with Crippen molar-refractivity contribution in [2.75, 3.05) is 18.0 Å². The molecular weight excluding hydrogens is 281 g/mol. The Balaban J connectivity index is 2.14. The molecule has 0 unspecified atom stereocenters. The number of rotatable bonds is 1. The number of hydrogen-bond donors (Lipinski definition) is 1. The fraction of sp³-hybridized carbons (Fsp3) is 0.429. The third-order valence-electron chi connectivity index (χ3n) is 3.92. The lowest BCUT2D eigenvalue weighted by molar-refractivity contribution is -0.136. The van der Waals surface area contributed by atoms with Crippen molar-refractivity contribution < 1.29 is 13.2 Å². The fourth-order valence-corrected chi connectivity index (χ4v) is 2.72. The molecule has 2 N–H and O–H groups in total. The van der Waals surface area contributed by atoms with Crippen LogP contribution in [0.25, 0.3) is 11.0 Å². The third-order valence-corrected chi connectivity index (χ3v) is 3.92. The molecule has 3 rings (SSSR count). The second kappa shape index (κ2) is 4.84. The molecule has 0 aliphatic carbocycles. The second-order valence-electron chi connectivity index (χ2n) is 5.43. The summed E-state index contributed by atoms with van der Waals surface area (Å²) in [5, 5.41) is 0. The standard InChI is InChI=1S/C14H15F3N4/c1-8-6-21(7-10(8)18)11-3-2-9(14(15,16)17)12-13(11)20-5-4-19-12/h2-5,8,10H,6-7,18H2,1H3/t8-,10+/m1/s1. The van der Waals surface area contributed by atoms with Crippen LogP contribution in [0, 0.1) is 5.92 Å². The highest BCUT2D eigenvalue weighted by Gasteiger charge is 2.35. The van der Waals surface area contributed by atoms with Gasteiger partial charge in [-0.05, 0) is 18.1 Å². The van der Waals surface area contributed by atoms with Crippen molar-refractivity contribution in [3.63, 3.8) is 0 Å². The van der Waals surface area contributed by atoms with Gasteiger partial charge >= 0.3 is 6.18 Å². The largest absolute Gasteiger partial charge is 0.418 e. The van der Waals surface area contributed by atoms with Gasteiger partial charge in [0.1, 0.15) is 11.0 Å². The Hall–Kier alpha value is -1.89. The number of nitrogens with zero attached hydrogens (tertiary/aromatic N) is 3. The highest BCUT2D eigenvalue weighted by molar-refractivity contribution is 5.90. The van der Waals surface area contributed by atoms with Crippen LogP contribution in [0.4, 0.5) is 18.9 Å².